The van der Waals surface area contributed by atoms with Crippen LogP contribution in [0.3, 0.4) is 0 Å². The highest BCUT2D eigenvalue weighted by Crippen LogP contribution is 2.22. The average Bonchev–Trinajstić information content (AvgIpc) is 2.87. The zero-order valence-electron chi connectivity index (χ0n) is 10.7. The number of rotatable bonds is 4. The lowest BCUT2D eigenvalue weighted by Gasteiger charge is -2.15. The summed E-state index contributed by atoms with van der Waals surface area (Å²) in [7, 11) is 1.18. The molecule has 2 aromatic rings. The maximum atomic E-state index is 12.3. The van der Waals surface area contributed by atoms with Crippen LogP contribution in [-0.4, -0.2) is 35.1 Å². The molecule has 2 N–H and O–H groups in total. The van der Waals surface area contributed by atoms with Gasteiger partial charge >= 0.3 is 5.97 Å². The minimum atomic E-state index is -1.45. The van der Waals surface area contributed by atoms with Gasteiger partial charge in [-0.1, -0.05) is 25.1 Å². The second-order valence-electron chi connectivity index (χ2n) is 4.37. The smallest absolute Gasteiger partial charge is 0.335 e. The van der Waals surface area contributed by atoms with Gasteiger partial charge in [-0.05, 0) is 6.07 Å². The van der Waals surface area contributed by atoms with Gasteiger partial charge in [-0.15, -0.1) is 0 Å². The van der Waals surface area contributed by atoms with Crippen molar-refractivity contribution in [1.82, 2.24) is 4.98 Å². The van der Waals surface area contributed by atoms with Gasteiger partial charge in [-0.3, -0.25) is 4.79 Å². The number of methoxy groups -OCH3 is 1. The SMILES string of the molecule is COC(=O)C(O)C(C)C(=O)c1c[nH]c2ccccc12. The van der Waals surface area contributed by atoms with Crippen LogP contribution in [0.1, 0.15) is 17.3 Å². The lowest BCUT2D eigenvalue weighted by atomic mass is 9.94. The molecule has 19 heavy (non-hydrogen) atoms. The number of aromatic nitrogens is 1. The predicted octanol–water partition coefficient (Wildman–Crippen LogP) is 1.52. The fourth-order valence-electron chi connectivity index (χ4n) is 1.99. The molecule has 0 aliphatic rings. The molecule has 0 aliphatic heterocycles. The van der Waals surface area contributed by atoms with E-state index in [0.29, 0.717) is 5.56 Å². The largest absolute Gasteiger partial charge is 0.467 e. The second-order valence-corrected chi connectivity index (χ2v) is 4.37. The van der Waals surface area contributed by atoms with E-state index in [2.05, 4.69) is 9.72 Å². The summed E-state index contributed by atoms with van der Waals surface area (Å²) in [5, 5.41) is 10.5. The maximum absolute atomic E-state index is 12.3. The topological polar surface area (TPSA) is 79.4 Å². The standard InChI is InChI=1S/C14H15NO4/c1-8(13(17)14(18)19-2)12(16)10-7-15-11-6-4-3-5-9(10)11/h3-8,13,15,17H,1-2H3. The highest BCUT2D eigenvalue weighted by Gasteiger charge is 2.30. The van der Waals surface area contributed by atoms with E-state index < -0.39 is 18.0 Å². The van der Waals surface area contributed by atoms with Crippen LogP contribution in [0.5, 0.6) is 0 Å². The van der Waals surface area contributed by atoms with Gasteiger partial charge in [0.2, 0.25) is 0 Å². The normalized spacial score (nSPS) is 14.1. The number of aliphatic hydroxyl groups is 1. The number of para-hydroxylation sites is 1. The predicted molar refractivity (Wildman–Crippen MR) is 69.8 cm³/mol. The van der Waals surface area contributed by atoms with Crippen molar-refractivity contribution in [1.29, 1.82) is 0 Å². The summed E-state index contributed by atoms with van der Waals surface area (Å²) < 4.78 is 4.44. The number of ketones is 1. The Bertz CT molecular complexity index is 617. The average molecular weight is 261 g/mol. The molecule has 1 aromatic carbocycles. The highest BCUT2D eigenvalue weighted by molar-refractivity contribution is 6.09. The summed E-state index contributed by atoms with van der Waals surface area (Å²) in [4.78, 5) is 26.5. The number of carbonyl (C=O) groups excluding carboxylic acids is 2. The van der Waals surface area contributed by atoms with E-state index in [1.165, 1.54) is 14.0 Å². The number of esters is 1. The number of benzene rings is 1. The lowest BCUT2D eigenvalue weighted by molar-refractivity contribution is -0.152. The number of H-pyrrole nitrogens is 1. The Morgan fingerprint density at radius 2 is 2.00 bits per heavy atom. The van der Waals surface area contributed by atoms with Crippen molar-refractivity contribution >= 4 is 22.7 Å². The molecule has 0 fully saturated rings. The van der Waals surface area contributed by atoms with E-state index in [0.717, 1.165) is 10.9 Å². The molecule has 2 rings (SSSR count). The summed E-state index contributed by atoms with van der Waals surface area (Å²) >= 11 is 0. The number of hydrogen-bond donors (Lipinski definition) is 2. The fourth-order valence-corrected chi connectivity index (χ4v) is 1.99. The molecule has 0 radical (unpaired) electrons. The van der Waals surface area contributed by atoms with E-state index >= 15 is 0 Å². The first-order valence-electron chi connectivity index (χ1n) is 5.92. The van der Waals surface area contributed by atoms with Gasteiger partial charge < -0.3 is 14.8 Å². The molecule has 2 unspecified atom stereocenters. The summed E-state index contributed by atoms with van der Waals surface area (Å²) in [5.41, 5.74) is 1.30. The Balaban J connectivity index is 2.31. The minimum absolute atomic E-state index is 0.296. The molecule has 100 valence electrons. The number of ether oxygens (including phenoxy) is 1. The monoisotopic (exact) mass is 261 g/mol. The van der Waals surface area contributed by atoms with E-state index in [1.807, 2.05) is 24.3 Å². The van der Waals surface area contributed by atoms with E-state index in [-0.39, 0.29) is 5.78 Å². The van der Waals surface area contributed by atoms with Crippen LogP contribution in [0.2, 0.25) is 0 Å². The number of Topliss-reactive ketones (excluding diaryl/α,β-unsaturated/α-hetero) is 1. The summed E-state index contributed by atoms with van der Waals surface area (Å²) in [6, 6.07) is 7.36. The number of nitrogens with one attached hydrogen (secondary N) is 1. The molecule has 1 aromatic heterocycles. The molecule has 1 heterocycles. The van der Waals surface area contributed by atoms with Gasteiger partial charge in [0.25, 0.3) is 0 Å². The van der Waals surface area contributed by atoms with E-state index in [9.17, 15) is 14.7 Å². The van der Waals surface area contributed by atoms with Crippen LogP contribution in [-0.2, 0) is 9.53 Å². The quantitative estimate of drug-likeness (QED) is 0.646. The first-order chi connectivity index (χ1) is 9.06. The Labute approximate surface area is 110 Å². The van der Waals surface area contributed by atoms with Crippen molar-refractivity contribution in [2.75, 3.05) is 7.11 Å². The molecule has 2 atom stereocenters. The van der Waals surface area contributed by atoms with Crippen LogP contribution in [0, 0.1) is 5.92 Å². The summed E-state index contributed by atoms with van der Waals surface area (Å²) in [6.45, 7) is 1.51. The van der Waals surface area contributed by atoms with Gasteiger partial charge in [-0.25, -0.2) is 4.79 Å². The number of carbonyl (C=O) groups is 2. The van der Waals surface area contributed by atoms with Crippen LogP contribution in [0.25, 0.3) is 10.9 Å². The Morgan fingerprint density at radius 1 is 1.32 bits per heavy atom. The molecule has 0 spiro atoms. The zero-order chi connectivity index (χ0) is 14.0. The van der Waals surface area contributed by atoms with Crippen LogP contribution < -0.4 is 0 Å². The van der Waals surface area contributed by atoms with E-state index in [4.69, 9.17) is 0 Å². The minimum Gasteiger partial charge on any atom is -0.467 e. The van der Waals surface area contributed by atoms with Crippen molar-refractivity contribution in [3.05, 3.63) is 36.0 Å². The third-order valence-electron chi connectivity index (χ3n) is 3.18. The first-order valence-corrected chi connectivity index (χ1v) is 5.92. The first kappa shape index (κ1) is 13.3. The van der Waals surface area contributed by atoms with Gasteiger partial charge in [0.1, 0.15) is 0 Å². The van der Waals surface area contributed by atoms with Crippen LogP contribution >= 0.6 is 0 Å². The van der Waals surface area contributed by atoms with Gasteiger partial charge in [0.15, 0.2) is 11.9 Å². The Kier molecular flexibility index (Phi) is 3.66. The van der Waals surface area contributed by atoms with Crippen LogP contribution in [0.15, 0.2) is 30.5 Å². The number of hydrogen-bond acceptors (Lipinski definition) is 4. The maximum Gasteiger partial charge on any atom is 0.335 e. The molecule has 0 saturated heterocycles. The molecule has 0 amide bonds. The van der Waals surface area contributed by atoms with Crippen molar-refractivity contribution < 1.29 is 19.4 Å². The second kappa shape index (κ2) is 5.24. The van der Waals surface area contributed by atoms with E-state index in [1.54, 1.807) is 6.20 Å². The van der Waals surface area contributed by atoms with Gasteiger partial charge in [-0.2, -0.15) is 0 Å². The van der Waals surface area contributed by atoms with Crippen molar-refractivity contribution in [3.8, 4) is 0 Å². The molecule has 5 heteroatoms. The number of fused-ring (bicyclic) bond motifs is 1. The number of aliphatic hydroxyl groups excluding tert-OH is 1. The Hall–Kier alpha value is -2.14. The van der Waals surface area contributed by atoms with Gasteiger partial charge in [0, 0.05) is 22.7 Å². The fraction of sp³-hybridized carbons (Fsp3) is 0.286. The summed E-state index contributed by atoms with van der Waals surface area (Å²) in [5.74, 6) is -1.96. The molecule has 0 aliphatic carbocycles. The van der Waals surface area contributed by atoms with Crippen molar-refractivity contribution in [3.63, 3.8) is 0 Å². The van der Waals surface area contributed by atoms with Gasteiger partial charge in [0.05, 0.1) is 13.0 Å². The third kappa shape index (κ3) is 2.37. The third-order valence-corrected chi connectivity index (χ3v) is 3.18. The van der Waals surface area contributed by atoms with Crippen LogP contribution in [0.4, 0.5) is 0 Å². The molecule has 5 nitrogen and oxygen atoms in total. The van der Waals surface area contributed by atoms with Crippen molar-refractivity contribution in [2.45, 2.75) is 13.0 Å². The molecular weight excluding hydrogens is 246 g/mol. The number of aromatic amines is 1. The summed E-state index contributed by atoms with van der Waals surface area (Å²) in [6.07, 6.45) is 0.138. The highest BCUT2D eigenvalue weighted by atomic mass is 16.5. The molecule has 0 saturated carbocycles. The molecule has 0 bridgehead atoms. The van der Waals surface area contributed by atoms with Crippen molar-refractivity contribution in [2.24, 2.45) is 5.92 Å². The Morgan fingerprint density at radius 3 is 2.68 bits per heavy atom. The molecular formula is C14H15NO4. The zero-order valence-corrected chi connectivity index (χ0v) is 10.7. The lowest BCUT2D eigenvalue weighted by Crippen LogP contribution is -2.33.